The molecule has 0 unspecified atom stereocenters. The Kier molecular flexibility index (Phi) is 5.76. The number of rotatable bonds is 4. The molecule has 0 atom stereocenters. The molecule has 19 heavy (non-hydrogen) atoms. The second-order valence-corrected chi connectivity index (χ2v) is 52.0. The second kappa shape index (κ2) is 6.43. The van der Waals surface area contributed by atoms with E-state index in [4.69, 9.17) is 0 Å². The fourth-order valence-corrected chi connectivity index (χ4v) is 47.5. The van der Waals surface area contributed by atoms with Crippen LogP contribution in [-0.4, -0.2) is 42.3 Å². The molecule has 0 N–H and O–H groups in total. The Morgan fingerprint density at radius 3 is 1.47 bits per heavy atom. The Hall–Kier alpha value is 1.67. The molecule has 0 spiro atoms. The maximum atomic E-state index is 2.59. The third-order valence-electron chi connectivity index (χ3n) is 3.78. The third-order valence-corrected chi connectivity index (χ3v) is 32.5. The summed E-state index contributed by atoms with van der Waals surface area (Å²) in [5.74, 6) is 0. The molecule has 2 rings (SSSR count). The van der Waals surface area contributed by atoms with Gasteiger partial charge in [-0.05, 0) is 0 Å². The first-order valence-corrected chi connectivity index (χ1v) is 38.1. The van der Waals surface area contributed by atoms with Gasteiger partial charge in [-0.25, -0.2) is 0 Å². The summed E-state index contributed by atoms with van der Waals surface area (Å²) in [5, 5.41) is 0. The smallest absolute Gasteiger partial charge is 1.00 e. The van der Waals surface area contributed by atoms with E-state index in [0.717, 1.165) is 0 Å². The molecule has 0 fully saturated rings. The molecular formula is C16H28HfPb2-2. The number of allylic oxidation sites excluding steroid dienone is 8. The quantitative estimate of drug-likeness (QED) is 0.331. The first-order valence-electron chi connectivity index (χ1n) is 7.27. The van der Waals surface area contributed by atoms with E-state index in [1.165, 1.54) is 12.8 Å². The normalized spacial score (nSPS) is 19.9. The van der Waals surface area contributed by atoms with Crippen LogP contribution in [0, 0.1) is 0 Å². The van der Waals surface area contributed by atoms with Crippen molar-refractivity contribution in [3.05, 3.63) is 37.2 Å². The van der Waals surface area contributed by atoms with E-state index in [1.54, 1.807) is 0 Å². The molecule has 0 aromatic rings. The molecule has 0 aromatic heterocycles. The molecule has 0 bridgehead atoms. The number of hydrogen-bond donors (Lipinski definition) is 0. The maximum absolute atomic E-state index is 2.59. The Labute approximate surface area is 143 Å². The molecule has 0 saturated carbocycles. The van der Waals surface area contributed by atoms with E-state index in [1.807, 2.05) is 12.9 Å². The Morgan fingerprint density at radius 2 is 1.16 bits per heavy atom. The standard InChI is InChI=1S/2C5H4.6CH3.Hf.2Pb.2H/c2*1-2-4-5-3-1;;;;;;;;;;;/h2*1-2H,3H2;6*1H3;;;;;/q;;;;;;;;;;;2*-1. The minimum absolute atomic E-state index is 0. The van der Waals surface area contributed by atoms with E-state index in [-0.39, 0.29) is 2.85 Å². The van der Waals surface area contributed by atoms with Crippen molar-refractivity contribution in [2.45, 2.75) is 39.7 Å². The Balaban J connectivity index is 0.00000200. The number of hydrogen-bond acceptors (Lipinski definition) is 0. The maximum Gasteiger partial charge on any atom is -1.00 e. The van der Waals surface area contributed by atoms with Crippen molar-refractivity contribution < 1.29 is 25.8 Å². The van der Waals surface area contributed by atoms with Gasteiger partial charge in [0.15, 0.2) is 0 Å². The average molecular weight is 813 g/mol. The minimum atomic E-state index is -1.98. The van der Waals surface area contributed by atoms with Gasteiger partial charge in [0.25, 0.3) is 0 Å². The molecule has 0 nitrogen and oxygen atoms in total. The molecule has 2 aliphatic rings. The van der Waals surface area contributed by atoms with Crippen molar-refractivity contribution in [3.63, 3.8) is 0 Å². The van der Waals surface area contributed by atoms with E-state index in [0.29, 0.717) is 0 Å². The molecule has 0 amide bonds. The summed E-state index contributed by atoms with van der Waals surface area (Å²) >= 11 is -4.68. The Bertz CT molecular complexity index is 457. The van der Waals surface area contributed by atoms with Crippen LogP contribution in [-0.2, 0) is 22.9 Å². The fraction of sp³-hybridized carbons (Fsp3) is 0.500. The summed E-state index contributed by atoms with van der Waals surface area (Å²) in [7, 11) is 0. The van der Waals surface area contributed by atoms with Gasteiger partial charge < -0.3 is 2.85 Å². The van der Waals surface area contributed by atoms with Gasteiger partial charge in [0, 0.05) is 0 Å². The topological polar surface area (TPSA) is 0 Å². The molecular weight excluding hydrogens is 785 g/mol. The van der Waals surface area contributed by atoms with Crippen LogP contribution in [0.1, 0.15) is 15.7 Å². The van der Waals surface area contributed by atoms with E-state index in [2.05, 4.69) is 51.2 Å². The van der Waals surface area contributed by atoms with Crippen LogP contribution >= 0.6 is 0 Å². The molecule has 0 aliphatic heterocycles. The van der Waals surface area contributed by atoms with Gasteiger partial charge in [-0.2, -0.15) is 0 Å². The first kappa shape index (κ1) is 17.0. The van der Waals surface area contributed by atoms with Gasteiger partial charge in [-0.1, -0.05) is 0 Å². The predicted molar refractivity (Wildman–Crippen MR) is 90.5 cm³/mol. The molecule has 2 aliphatic carbocycles. The van der Waals surface area contributed by atoms with E-state index >= 15 is 0 Å². The SMILES string of the molecule is [CH3][Pb]([CH3])([CH3])[C]1=[C]([Hf][C]2=[C]([Pb]([CH3])([CH3])[CH3])C=CC2)CC=C1.[H-].[H-]. The van der Waals surface area contributed by atoms with Crippen LogP contribution in [0.15, 0.2) is 37.2 Å². The summed E-state index contributed by atoms with van der Waals surface area (Å²) in [4.78, 5) is 0. The summed E-state index contributed by atoms with van der Waals surface area (Å²) in [6.07, 6.45) is 12.5. The van der Waals surface area contributed by atoms with Gasteiger partial charge in [-0.3, -0.25) is 0 Å². The minimum Gasteiger partial charge on any atom is -1.00 e. The third kappa shape index (κ3) is 4.33. The largest absolute Gasteiger partial charge is 1.00 e. The second-order valence-electron chi connectivity index (χ2n) is 7.62. The molecule has 106 valence electrons. The van der Waals surface area contributed by atoms with E-state index in [9.17, 15) is 0 Å². The summed E-state index contributed by atoms with van der Waals surface area (Å²) in [6, 6.07) is 0. The summed E-state index contributed by atoms with van der Waals surface area (Å²) in [5.41, 5.74) is 0. The molecule has 0 aromatic carbocycles. The van der Waals surface area contributed by atoms with Crippen LogP contribution in [0.3, 0.4) is 0 Å². The monoisotopic (exact) mass is 816 g/mol. The molecule has 3 heteroatoms. The van der Waals surface area contributed by atoms with Gasteiger partial charge in [-0.15, -0.1) is 0 Å². The zero-order valence-electron chi connectivity index (χ0n) is 15.2. The van der Waals surface area contributed by atoms with Gasteiger partial charge >= 0.3 is 142 Å². The van der Waals surface area contributed by atoms with Crippen LogP contribution in [0.2, 0.25) is 26.9 Å². The fourth-order valence-electron chi connectivity index (χ4n) is 2.83. The van der Waals surface area contributed by atoms with Crippen LogP contribution in [0.5, 0.6) is 0 Å². The van der Waals surface area contributed by atoms with Crippen molar-refractivity contribution in [2.75, 3.05) is 0 Å². The predicted octanol–water partition coefficient (Wildman–Crippen LogP) is 5.48. The first-order chi connectivity index (χ1) is 8.69. The van der Waals surface area contributed by atoms with Crippen LogP contribution in [0.4, 0.5) is 0 Å². The van der Waals surface area contributed by atoms with E-state index < -0.39 is 65.3 Å². The van der Waals surface area contributed by atoms with Crippen molar-refractivity contribution in [3.8, 4) is 0 Å². The Morgan fingerprint density at radius 1 is 0.789 bits per heavy atom. The van der Waals surface area contributed by atoms with Gasteiger partial charge in [0.05, 0.1) is 0 Å². The zero-order chi connectivity index (χ0) is 14.3. The molecule has 0 heterocycles. The molecule has 0 radical (unpaired) electrons. The zero-order valence-corrected chi connectivity index (χ0v) is 24.6. The molecule has 0 saturated heterocycles. The van der Waals surface area contributed by atoms with Gasteiger partial charge in [0.2, 0.25) is 0 Å². The average Bonchev–Trinajstić information content (AvgIpc) is 2.83. The van der Waals surface area contributed by atoms with Crippen molar-refractivity contribution in [1.82, 2.24) is 0 Å². The van der Waals surface area contributed by atoms with Crippen LogP contribution < -0.4 is 0 Å². The van der Waals surface area contributed by atoms with Crippen molar-refractivity contribution in [1.29, 1.82) is 0 Å². The van der Waals surface area contributed by atoms with Crippen molar-refractivity contribution >= 4 is 42.3 Å². The van der Waals surface area contributed by atoms with Crippen LogP contribution in [0.25, 0.3) is 0 Å². The van der Waals surface area contributed by atoms with Gasteiger partial charge in [0.1, 0.15) is 0 Å². The van der Waals surface area contributed by atoms with Crippen molar-refractivity contribution in [2.24, 2.45) is 0 Å². The summed E-state index contributed by atoms with van der Waals surface area (Å²) in [6.45, 7) is 0. The summed E-state index contributed by atoms with van der Waals surface area (Å²) < 4.78 is 23.2.